The van der Waals surface area contributed by atoms with Crippen molar-refractivity contribution in [2.45, 2.75) is 18.4 Å². The third kappa shape index (κ3) is 3.56. The molecule has 2 aromatic carbocycles. The predicted octanol–water partition coefficient (Wildman–Crippen LogP) is 2.53. The minimum absolute atomic E-state index is 0.0730. The number of benzene rings is 2. The number of nitrogens with zero attached hydrogens (tertiary/aromatic N) is 4. The molecule has 0 atom stereocenters. The summed E-state index contributed by atoms with van der Waals surface area (Å²) in [6.45, 7) is 1.57. The van der Waals surface area contributed by atoms with Gasteiger partial charge in [-0.15, -0.1) is 0 Å². The summed E-state index contributed by atoms with van der Waals surface area (Å²) in [6.07, 6.45) is 3.54. The van der Waals surface area contributed by atoms with Gasteiger partial charge in [0.05, 0.1) is 24.8 Å². The van der Waals surface area contributed by atoms with E-state index >= 15 is 0 Å². The van der Waals surface area contributed by atoms with E-state index in [0.29, 0.717) is 25.2 Å². The predicted molar refractivity (Wildman–Crippen MR) is 116 cm³/mol. The van der Waals surface area contributed by atoms with E-state index in [4.69, 9.17) is 0 Å². The average Bonchev–Trinajstić information content (AvgIpc) is 3.49. The van der Waals surface area contributed by atoms with Crippen molar-refractivity contribution < 1.29 is 14.0 Å². The molecular formula is C24H22FN5O2. The largest absolute Gasteiger partial charge is 0.353 e. The molecule has 1 N–H and O–H groups in total. The number of hydrogen-bond acceptors (Lipinski definition) is 5. The number of hydrogen-bond donors (Lipinski definition) is 1. The number of rotatable bonds is 4. The van der Waals surface area contributed by atoms with Crippen LogP contribution in [0, 0.1) is 17.1 Å². The van der Waals surface area contributed by atoms with Gasteiger partial charge < -0.3 is 10.2 Å². The highest BCUT2D eigenvalue weighted by Crippen LogP contribution is 2.46. The van der Waals surface area contributed by atoms with Crippen molar-refractivity contribution >= 4 is 23.1 Å². The number of nitrogens with one attached hydrogen (secondary N) is 1. The maximum absolute atomic E-state index is 13.4. The van der Waals surface area contributed by atoms with Gasteiger partial charge >= 0.3 is 0 Å². The number of carbonyl (C=O) groups excluding carboxylic acids is 2. The number of nitriles is 1. The number of hydrazine groups is 1. The second kappa shape index (κ2) is 7.68. The number of piperazine rings is 1. The Hall–Kier alpha value is -3.86. The zero-order valence-corrected chi connectivity index (χ0v) is 17.4. The molecule has 8 heteroatoms. The molecule has 2 heterocycles. The van der Waals surface area contributed by atoms with Gasteiger partial charge in [-0.05, 0) is 60.4 Å². The van der Waals surface area contributed by atoms with Crippen LogP contribution in [-0.4, -0.2) is 53.4 Å². The average molecular weight is 431 g/mol. The summed E-state index contributed by atoms with van der Waals surface area (Å²) in [5.74, 6) is -0.617. The number of anilines is 1. The molecule has 32 heavy (non-hydrogen) atoms. The summed E-state index contributed by atoms with van der Waals surface area (Å²) in [6, 6.07) is 16.0. The summed E-state index contributed by atoms with van der Waals surface area (Å²) in [4.78, 5) is 25.8. The van der Waals surface area contributed by atoms with Crippen LogP contribution in [0.1, 0.15) is 28.8 Å². The van der Waals surface area contributed by atoms with E-state index < -0.39 is 5.54 Å². The maximum atomic E-state index is 13.4. The summed E-state index contributed by atoms with van der Waals surface area (Å²) < 4.78 is 13.4. The molecule has 0 spiro atoms. The van der Waals surface area contributed by atoms with E-state index in [-0.39, 0.29) is 24.2 Å². The van der Waals surface area contributed by atoms with Crippen LogP contribution in [0.4, 0.5) is 10.1 Å². The standard InChI is InChI=1S/C24H22FN5O2/c25-20-5-7-21(8-6-20)29-13-19(14-30(29)24(16-26)9-10-24)17-1-3-18(4-2-17)23(32)28-12-11-27-22(31)15-28/h1-8,14H,9-13,15H2,(H,27,31). The van der Waals surface area contributed by atoms with Crippen molar-refractivity contribution in [1.82, 2.24) is 15.2 Å². The Morgan fingerprint density at radius 3 is 2.41 bits per heavy atom. The second-order valence-corrected chi connectivity index (χ2v) is 8.33. The Bertz CT molecular complexity index is 1130. The highest BCUT2D eigenvalue weighted by Gasteiger charge is 2.52. The first kappa shape index (κ1) is 20.1. The molecule has 0 aromatic heterocycles. The van der Waals surface area contributed by atoms with E-state index in [1.807, 2.05) is 28.4 Å². The summed E-state index contributed by atoms with van der Waals surface area (Å²) >= 11 is 0. The lowest BCUT2D eigenvalue weighted by Gasteiger charge is -2.34. The van der Waals surface area contributed by atoms with Gasteiger partial charge in [0.25, 0.3) is 5.91 Å². The van der Waals surface area contributed by atoms with Gasteiger partial charge in [-0.25, -0.2) is 4.39 Å². The highest BCUT2D eigenvalue weighted by molar-refractivity contribution is 5.97. The minimum Gasteiger partial charge on any atom is -0.353 e. The molecule has 162 valence electrons. The smallest absolute Gasteiger partial charge is 0.254 e. The molecule has 2 aromatic rings. The summed E-state index contributed by atoms with van der Waals surface area (Å²) in [5.41, 5.74) is 2.73. The van der Waals surface area contributed by atoms with Crippen LogP contribution in [0.5, 0.6) is 0 Å². The van der Waals surface area contributed by atoms with Crippen LogP contribution in [0.15, 0.2) is 54.7 Å². The number of halogens is 1. The molecule has 0 unspecified atom stereocenters. The Morgan fingerprint density at radius 2 is 1.78 bits per heavy atom. The third-order valence-corrected chi connectivity index (χ3v) is 6.18. The van der Waals surface area contributed by atoms with Gasteiger partial charge in [0.1, 0.15) is 11.4 Å². The Morgan fingerprint density at radius 1 is 1.06 bits per heavy atom. The van der Waals surface area contributed by atoms with Crippen molar-refractivity contribution in [3.63, 3.8) is 0 Å². The minimum atomic E-state index is -0.569. The molecule has 7 nitrogen and oxygen atoms in total. The normalized spacial score (nSPS) is 19.3. The van der Waals surface area contributed by atoms with Crippen molar-refractivity contribution in [1.29, 1.82) is 5.26 Å². The van der Waals surface area contributed by atoms with Crippen LogP contribution in [-0.2, 0) is 4.79 Å². The van der Waals surface area contributed by atoms with Crippen LogP contribution >= 0.6 is 0 Å². The quantitative estimate of drug-likeness (QED) is 0.805. The molecular weight excluding hydrogens is 409 g/mol. The first-order valence-corrected chi connectivity index (χ1v) is 10.6. The first-order valence-electron chi connectivity index (χ1n) is 10.6. The summed E-state index contributed by atoms with van der Waals surface area (Å²) in [5, 5.41) is 16.4. The molecule has 3 aliphatic rings. The molecule has 1 saturated carbocycles. The van der Waals surface area contributed by atoms with Crippen molar-refractivity contribution in [2.24, 2.45) is 0 Å². The molecule has 5 rings (SSSR count). The Kier molecular flexibility index (Phi) is 4.82. The zero-order chi connectivity index (χ0) is 22.3. The van der Waals surface area contributed by atoms with Crippen molar-refractivity contribution in [3.05, 3.63) is 71.7 Å². The van der Waals surface area contributed by atoms with Gasteiger partial charge in [0, 0.05) is 24.9 Å². The van der Waals surface area contributed by atoms with Gasteiger partial charge in [0.15, 0.2) is 0 Å². The monoisotopic (exact) mass is 431 g/mol. The van der Waals surface area contributed by atoms with Crippen LogP contribution < -0.4 is 10.3 Å². The topological polar surface area (TPSA) is 79.7 Å². The third-order valence-electron chi connectivity index (χ3n) is 6.18. The van der Waals surface area contributed by atoms with E-state index in [1.165, 1.54) is 12.1 Å². The summed E-state index contributed by atoms with van der Waals surface area (Å²) in [7, 11) is 0. The van der Waals surface area contributed by atoms with E-state index in [9.17, 15) is 19.2 Å². The molecule has 0 bridgehead atoms. The maximum Gasteiger partial charge on any atom is 0.254 e. The van der Waals surface area contributed by atoms with Crippen molar-refractivity contribution in [2.75, 3.05) is 31.2 Å². The molecule has 1 saturated heterocycles. The fourth-order valence-corrected chi connectivity index (χ4v) is 4.18. The van der Waals surface area contributed by atoms with Crippen LogP contribution in [0.2, 0.25) is 0 Å². The fraction of sp³-hybridized carbons (Fsp3) is 0.292. The zero-order valence-electron chi connectivity index (χ0n) is 17.4. The second-order valence-electron chi connectivity index (χ2n) is 8.33. The first-order chi connectivity index (χ1) is 15.5. The molecule has 2 amide bonds. The lowest BCUT2D eigenvalue weighted by Crippen LogP contribution is -2.49. The lowest BCUT2D eigenvalue weighted by atomic mass is 10.0. The molecule has 1 aliphatic carbocycles. The Labute approximate surface area is 185 Å². The van der Waals surface area contributed by atoms with E-state index in [2.05, 4.69) is 11.4 Å². The fourth-order valence-electron chi connectivity index (χ4n) is 4.18. The number of carbonyl (C=O) groups is 2. The highest BCUT2D eigenvalue weighted by atomic mass is 19.1. The SMILES string of the molecule is N#CC1(N2C=C(c3ccc(C(=O)N4CCNC(=O)C4)cc3)CN2c2ccc(F)cc2)CC1. The Balaban J connectivity index is 1.39. The van der Waals surface area contributed by atoms with Gasteiger partial charge in [-0.1, -0.05) is 12.1 Å². The van der Waals surface area contributed by atoms with Crippen LogP contribution in [0.3, 0.4) is 0 Å². The lowest BCUT2D eigenvalue weighted by molar-refractivity contribution is -0.123. The molecule has 0 radical (unpaired) electrons. The molecule has 2 fully saturated rings. The van der Waals surface area contributed by atoms with Gasteiger partial charge in [0.2, 0.25) is 5.91 Å². The van der Waals surface area contributed by atoms with Gasteiger partial charge in [-0.2, -0.15) is 5.26 Å². The van der Waals surface area contributed by atoms with E-state index in [1.54, 1.807) is 29.2 Å². The molecule has 2 aliphatic heterocycles. The van der Waals surface area contributed by atoms with E-state index in [0.717, 1.165) is 29.7 Å². The van der Waals surface area contributed by atoms with Gasteiger partial charge in [-0.3, -0.25) is 19.6 Å². The van der Waals surface area contributed by atoms with Crippen molar-refractivity contribution in [3.8, 4) is 6.07 Å². The van der Waals surface area contributed by atoms with Crippen LogP contribution in [0.25, 0.3) is 5.57 Å². The number of amides is 2.